The van der Waals surface area contributed by atoms with Gasteiger partial charge in [0, 0.05) is 37.0 Å². The number of ether oxygens (including phenoxy) is 2. The zero-order valence-electron chi connectivity index (χ0n) is 23.8. The van der Waals surface area contributed by atoms with Crippen LogP contribution in [-0.2, 0) is 9.59 Å². The Morgan fingerprint density at radius 3 is 2.41 bits per heavy atom. The van der Waals surface area contributed by atoms with E-state index in [2.05, 4.69) is 20.3 Å². The fraction of sp³-hybridized carbons (Fsp3) is 0.400. The van der Waals surface area contributed by atoms with E-state index in [0.717, 1.165) is 53.8 Å². The number of rotatable bonds is 9. The zero-order chi connectivity index (χ0) is 29.1. The van der Waals surface area contributed by atoms with Crippen LogP contribution in [0.15, 0.2) is 48.9 Å². The molecule has 2 N–H and O–H groups in total. The van der Waals surface area contributed by atoms with Crippen molar-refractivity contribution in [2.75, 3.05) is 26.8 Å². The molecule has 0 bridgehead atoms. The molecule has 0 saturated carbocycles. The third-order valence-electron chi connectivity index (χ3n) is 7.61. The maximum atomic E-state index is 12.4. The molecule has 0 radical (unpaired) electrons. The highest BCUT2D eigenvalue weighted by Gasteiger charge is 2.24. The summed E-state index contributed by atoms with van der Waals surface area (Å²) >= 11 is 0. The van der Waals surface area contributed by atoms with Gasteiger partial charge in [0.05, 0.1) is 36.8 Å². The highest BCUT2D eigenvalue weighted by Crippen LogP contribution is 2.36. The maximum absolute atomic E-state index is 12.4. The van der Waals surface area contributed by atoms with Crippen molar-refractivity contribution >= 4 is 22.7 Å². The summed E-state index contributed by atoms with van der Waals surface area (Å²) in [5.74, 6) is 1.35. The van der Waals surface area contributed by atoms with Gasteiger partial charge in [0.25, 0.3) is 0 Å². The van der Waals surface area contributed by atoms with Gasteiger partial charge in [-0.25, -0.2) is 14.6 Å². The van der Waals surface area contributed by atoms with E-state index in [0.29, 0.717) is 29.6 Å². The lowest BCUT2D eigenvalue weighted by Crippen LogP contribution is -2.38. The molecule has 1 aliphatic rings. The number of fused-ring (bicyclic) bond motifs is 1. The fourth-order valence-electron chi connectivity index (χ4n) is 5.14. The van der Waals surface area contributed by atoms with Gasteiger partial charge < -0.3 is 20.1 Å². The number of hydrogen-bond acceptors (Lipinski definition) is 8. The van der Waals surface area contributed by atoms with E-state index < -0.39 is 11.9 Å². The number of carbonyl (C=O) groups excluding carboxylic acids is 2. The quantitative estimate of drug-likeness (QED) is 0.329. The second-order valence-corrected chi connectivity index (χ2v) is 10.7. The molecule has 2 aromatic carbocycles. The molecule has 2 amide bonds. The van der Waals surface area contributed by atoms with Crippen LogP contribution in [0.25, 0.3) is 22.2 Å². The molecular formula is C30H35N7O4. The van der Waals surface area contributed by atoms with Gasteiger partial charge in [-0.15, -0.1) is 5.10 Å². The number of carbonyl (C=O) groups is 2. The SMILES string of the molecule is COc1cc2c(-c3ccc(C(C(N)=O)n4cc(C(C)C)nn4)cc3)ncnc2cc1OCC1CCN(C(C)=O)CC1. The third kappa shape index (κ3) is 5.98. The predicted molar refractivity (Wildman–Crippen MR) is 153 cm³/mol. The van der Waals surface area contributed by atoms with E-state index >= 15 is 0 Å². The minimum atomic E-state index is -0.777. The van der Waals surface area contributed by atoms with Crippen molar-refractivity contribution in [1.29, 1.82) is 0 Å². The normalized spacial score (nSPS) is 14.8. The Morgan fingerprint density at radius 2 is 1.80 bits per heavy atom. The topological polar surface area (TPSA) is 138 Å². The molecular weight excluding hydrogens is 522 g/mol. The van der Waals surface area contributed by atoms with Crippen LogP contribution in [0.3, 0.4) is 0 Å². The lowest BCUT2D eigenvalue weighted by Gasteiger charge is -2.31. The van der Waals surface area contributed by atoms with Crippen molar-refractivity contribution in [3.05, 3.63) is 60.2 Å². The molecule has 0 spiro atoms. The molecule has 5 rings (SSSR count). The first kappa shape index (κ1) is 28.0. The molecule has 2 aromatic heterocycles. The van der Waals surface area contributed by atoms with Gasteiger partial charge in [0.15, 0.2) is 17.5 Å². The highest BCUT2D eigenvalue weighted by atomic mass is 16.5. The van der Waals surface area contributed by atoms with E-state index in [1.807, 2.05) is 55.1 Å². The second-order valence-electron chi connectivity index (χ2n) is 10.7. The first-order valence-electron chi connectivity index (χ1n) is 13.8. The van der Waals surface area contributed by atoms with Crippen molar-refractivity contribution in [3.8, 4) is 22.8 Å². The average Bonchev–Trinajstić information content (AvgIpc) is 3.46. The molecule has 214 valence electrons. The Morgan fingerprint density at radius 1 is 1.07 bits per heavy atom. The molecule has 1 aliphatic heterocycles. The maximum Gasteiger partial charge on any atom is 0.246 e. The van der Waals surface area contributed by atoms with Gasteiger partial charge in [-0.3, -0.25) is 9.59 Å². The first-order chi connectivity index (χ1) is 19.7. The largest absolute Gasteiger partial charge is 0.493 e. The van der Waals surface area contributed by atoms with Gasteiger partial charge in [-0.05, 0) is 36.3 Å². The number of nitrogens with zero attached hydrogens (tertiary/aromatic N) is 6. The summed E-state index contributed by atoms with van der Waals surface area (Å²) in [5, 5.41) is 9.12. The fourth-order valence-corrected chi connectivity index (χ4v) is 5.14. The second kappa shape index (κ2) is 11.9. The summed E-state index contributed by atoms with van der Waals surface area (Å²) in [6.45, 7) is 7.69. The molecule has 1 unspecified atom stereocenters. The smallest absolute Gasteiger partial charge is 0.246 e. The summed E-state index contributed by atoms with van der Waals surface area (Å²) in [6, 6.07) is 10.5. The number of amides is 2. The van der Waals surface area contributed by atoms with Crippen LogP contribution in [-0.4, -0.2) is 68.5 Å². The van der Waals surface area contributed by atoms with Gasteiger partial charge in [0.2, 0.25) is 11.8 Å². The summed E-state index contributed by atoms with van der Waals surface area (Å²) < 4.78 is 13.4. The van der Waals surface area contributed by atoms with E-state index in [1.54, 1.807) is 20.2 Å². The average molecular weight is 558 g/mol. The number of primary amides is 1. The van der Waals surface area contributed by atoms with Crippen LogP contribution >= 0.6 is 0 Å². The molecule has 0 aliphatic carbocycles. The standard InChI is InChI=1S/C30H35N7O4/c1-18(2)25-15-37(35-34-25)29(30(31)39)22-7-5-21(6-8-22)28-23-13-26(40-4)27(14-24(23)32-17-33-28)41-16-20-9-11-36(12-10-20)19(3)38/h5-8,13-15,17-18,20,29H,9-12,16H2,1-4H3,(H2,31,39). The number of aromatic nitrogens is 5. The van der Waals surface area contributed by atoms with Gasteiger partial charge >= 0.3 is 0 Å². The molecule has 4 aromatic rings. The highest BCUT2D eigenvalue weighted by molar-refractivity contribution is 5.94. The van der Waals surface area contributed by atoms with Crippen LogP contribution in [0.1, 0.15) is 56.8 Å². The zero-order valence-corrected chi connectivity index (χ0v) is 23.8. The van der Waals surface area contributed by atoms with E-state index in [-0.39, 0.29) is 11.8 Å². The van der Waals surface area contributed by atoms with Crippen molar-refractivity contribution in [3.63, 3.8) is 0 Å². The Hall–Kier alpha value is -4.54. The Labute approximate surface area is 238 Å². The van der Waals surface area contributed by atoms with Crippen molar-refractivity contribution in [2.24, 2.45) is 11.7 Å². The number of nitrogens with two attached hydrogens (primary N) is 1. The first-order valence-corrected chi connectivity index (χ1v) is 13.8. The molecule has 1 fully saturated rings. The van der Waals surface area contributed by atoms with Crippen molar-refractivity contribution in [2.45, 2.75) is 45.6 Å². The number of benzene rings is 2. The number of methoxy groups -OCH3 is 1. The minimum Gasteiger partial charge on any atom is -0.493 e. The lowest BCUT2D eigenvalue weighted by molar-refractivity contribution is -0.130. The Balaban J connectivity index is 1.38. The number of likely N-dealkylation sites (tertiary alicyclic amines) is 1. The van der Waals surface area contributed by atoms with Gasteiger partial charge in [-0.2, -0.15) is 0 Å². The summed E-state index contributed by atoms with van der Waals surface area (Å²) in [7, 11) is 1.61. The van der Waals surface area contributed by atoms with E-state index in [1.165, 1.54) is 11.0 Å². The van der Waals surface area contributed by atoms with Crippen LogP contribution < -0.4 is 15.2 Å². The van der Waals surface area contributed by atoms with Crippen LogP contribution in [0, 0.1) is 5.92 Å². The Kier molecular flexibility index (Phi) is 8.14. The van der Waals surface area contributed by atoms with Gasteiger partial charge in [-0.1, -0.05) is 43.3 Å². The van der Waals surface area contributed by atoms with Crippen molar-refractivity contribution < 1.29 is 19.1 Å². The monoisotopic (exact) mass is 557 g/mol. The molecule has 1 atom stereocenters. The van der Waals surface area contributed by atoms with Crippen molar-refractivity contribution in [1.82, 2.24) is 29.9 Å². The van der Waals surface area contributed by atoms with E-state index in [9.17, 15) is 9.59 Å². The summed E-state index contributed by atoms with van der Waals surface area (Å²) in [4.78, 5) is 34.9. The molecule has 41 heavy (non-hydrogen) atoms. The Bertz CT molecular complexity index is 1540. The summed E-state index contributed by atoms with van der Waals surface area (Å²) in [5.41, 5.74) is 9.53. The predicted octanol–water partition coefficient (Wildman–Crippen LogP) is 3.73. The third-order valence-corrected chi connectivity index (χ3v) is 7.61. The number of hydrogen-bond donors (Lipinski definition) is 1. The summed E-state index contributed by atoms with van der Waals surface area (Å²) in [6.07, 6.45) is 5.09. The van der Waals surface area contributed by atoms with Crippen LogP contribution in [0.4, 0.5) is 0 Å². The molecule has 11 nitrogen and oxygen atoms in total. The lowest BCUT2D eigenvalue weighted by atomic mass is 9.98. The molecule has 11 heteroatoms. The molecule has 3 heterocycles. The van der Waals surface area contributed by atoms with Gasteiger partial charge in [0.1, 0.15) is 6.33 Å². The number of piperidine rings is 1. The van der Waals surface area contributed by atoms with Crippen LogP contribution in [0.2, 0.25) is 0 Å². The van der Waals surface area contributed by atoms with Crippen LogP contribution in [0.5, 0.6) is 11.5 Å². The minimum absolute atomic E-state index is 0.119. The molecule has 1 saturated heterocycles. The van der Waals surface area contributed by atoms with E-state index in [4.69, 9.17) is 15.2 Å².